The average molecular weight is 389 g/mol. The molecule has 0 saturated carbocycles. The van der Waals surface area contributed by atoms with Crippen molar-refractivity contribution in [2.45, 2.75) is 6.92 Å². The summed E-state index contributed by atoms with van der Waals surface area (Å²) >= 11 is 0. The molecule has 0 spiro atoms. The monoisotopic (exact) mass is 389 g/mol. The van der Waals surface area contributed by atoms with E-state index in [2.05, 4.69) is 16.0 Å². The number of methoxy groups -OCH3 is 1. The fraction of sp³-hybridized carbons (Fsp3) is 0.130. The number of amides is 2. The molecule has 2 amide bonds. The van der Waals surface area contributed by atoms with E-state index >= 15 is 0 Å². The molecule has 3 aromatic carbocycles. The summed E-state index contributed by atoms with van der Waals surface area (Å²) in [6.45, 7) is 1.95. The van der Waals surface area contributed by atoms with Crippen molar-refractivity contribution in [2.24, 2.45) is 0 Å². The zero-order valence-electron chi connectivity index (χ0n) is 16.4. The maximum absolute atomic E-state index is 12.6. The summed E-state index contributed by atoms with van der Waals surface area (Å²) in [5.41, 5.74) is 3.35. The summed E-state index contributed by atoms with van der Waals surface area (Å²) < 4.78 is 5.28. The van der Waals surface area contributed by atoms with Gasteiger partial charge in [-0.2, -0.15) is 0 Å². The summed E-state index contributed by atoms with van der Waals surface area (Å²) in [4.78, 5) is 25.0. The first kappa shape index (κ1) is 19.9. The molecule has 0 bridgehead atoms. The third-order valence-corrected chi connectivity index (χ3v) is 4.27. The third-order valence-electron chi connectivity index (χ3n) is 4.27. The standard InChI is InChI=1S/C23H23N3O3/c1-16-12-13-21(29-2)20(14-16)26-22(27)15-24-19-11-7-6-10-18(19)23(28)25-17-8-4-3-5-9-17/h3-14,24H,15H2,1-2H3,(H,25,28)(H,26,27). The number of ether oxygens (including phenoxy) is 1. The molecular formula is C23H23N3O3. The highest BCUT2D eigenvalue weighted by atomic mass is 16.5. The number of carbonyl (C=O) groups is 2. The highest BCUT2D eigenvalue weighted by Crippen LogP contribution is 2.25. The van der Waals surface area contributed by atoms with Crippen molar-refractivity contribution in [2.75, 3.05) is 29.6 Å². The van der Waals surface area contributed by atoms with Gasteiger partial charge in [0.2, 0.25) is 5.91 Å². The van der Waals surface area contributed by atoms with E-state index in [1.807, 2.05) is 61.5 Å². The second-order valence-electron chi connectivity index (χ2n) is 6.47. The van der Waals surface area contributed by atoms with E-state index in [0.29, 0.717) is 28.4 Å². The average Bonchev–Trinajstić information content (AvgIpc) is 2.73. The molecule has 3 N–H and O–H groups in total. The zero-order chi connectivity index (χ0) is 20.6. The van der Waals surface area contributed by atoms with E-state index in [1.165, 1.54) is 0 Å². The van der Waals surface area contributed by atoms with Gasteiger partial charge in [0.25, 0.3) is 5.91 Å². The van der Waals surface area contributed by atoms with Crippen molar-refractivity contribution < 1.29 is 14.3 Å². The number of hydrogen-bond donors (Lipinski definition) is 3. The van der Waals surface area contributed by atoms with Crippen molar-refractivity contribution >= 4 is 28.9 Å². The quantitative estimate of drug-likeness (QED) is 0.563. The minimum absolute atomic E-state index is 0.00667. The van der Waals surface area contributed by atoms with E-state index in [-0.39, 0.29) is 18.4 Å². The second kappa shape index (κ2) is 9.41. The maximum Gasteiger partial charge on any atom is 0.257 e. The number of carbonyl (C=O) groups excluding carboxylic acids is 2. The number of aryl methyl sites for hydroxylation is 1. The molecule has 0 radical (unpaired) electrons. The Hall–Kier alpha value is -3.80. The summed E-state index contributed by atoms with van der Waals surface area (Å²) in [5.74, 6) is 0.0961. The Balaban J connectivity index is 1.66. The van der Waals surface area contributed by atoms with Gasteiger partial charge in [-0.1, -0.05) is 36.4 Å². The molecule has 29 heavy (non-hydrogen) atoms. The predicted molar refractivity (Wildman–Crippen MR) is 116 cm³/mol. The molecule has 0 saturated heterocycles. The zero-order valence-corrected chi connectivity index (χ0v) is 16.4. The number of rotatable bonds is 7. The summed E-state index contributed by atoms with van der Waals surface area (Å²) in [6, 6.07) is 21.8. The lowest BCUT2D eigenvalue weighted by molar-refractivity contribution is -0.114. The van der Waals surface area contributed by atoms with Crippen LogP contribution in [0.5, 0.6) is 5.75 Å². The SMILES string of the molecule is COc1ccc(C)cc1NC(=O)CNc1ccccc1C(=O)Nc1ccccc1. The van der Waals surface area contributed by atoms with Gasteiger partial charge in [-0.3, -0.25) is 9.59 Å². The topological polar surface area (TPSA) is 79.5 Å². The fourth-order valence-corrected chi connectivity index (χ4v) is 2.84. The molecule has 0 atom stereocenters. The Morgan fingerprint density at radius 3 is 2.34 bits per heavy atom. The van der Waals surface area contributed by atoms with Crippen molar-refractivity contribution in [1.29, 1.82) is 0 Å². The van der Waals surface area contributed by atoms with Crippen LogP contribution in [0.2, 0.25) is 0 Å². The maximum atomic E-state index is 12.6. The van der Waals surface area contributed by atoms with Crippen LogP contribution in [0.1, 0.15) is 15.9 Å². The van der Waals surface area contributed by atoms with E-state index < -0.39 is 0 Å². The Morgan fingerprint density at radius 1 is 0.862 bits per heavy atom. The smallest absolute Gasteiger partial charge is 0.257 e. The first-order valence-corrected chi connectivity index (χ1v) is 9.20. The van der Waals surface area contributed by atoms with Crippen molar-refractivity contribution in [3.63, 3.8) is 0 Å². The minimum atomic E-state index is -0.250. The first-order chi connectivity index (χ1) is 14.1. The molecule has 3 aromatic rings. The van der Waals surface area contributed by atoms with Crippen LogP contribution in [0, 0.1) is 6.92 Å². The van der Waals surface area contributed by atoms with Gasteiger partial charge in [0.1, 0.15) is 5.75 Å². The molecule has 3 rings (SSSR count). The summed E-state index contributed by atoms with van der Waals surface area (Å²) in [6.07, 6.45) is 0. The number of anilines is 3. The molecule has 6 nitrogen and oxygen atoms in total. The van der Waals surface area contributed by atoms with Crippen LogP contribution < -0.4 is 20.7 Å². The Morgan fingerprint density at radius 2 is 1.59 bits per heavy atom. The molecule has 0 unspecified atom stereocenters. The summed E-state index contributed by atoms with van der Waals surface area (Å²) in [7, 11) is 1.56. The molecule has 0 fully saturated rings. The first-order valence-electron chi connectivity index (χ1n) is 9.20. The van der Waals surface area contributed by atoms with Gasteiger partial charge < -0.3 is 20.7 Å². The van der Waals surface area contributed by atoms with Crippen LogP contribution in [0.25, 0.3) is 0 Å². The van der Waals surface area contributed by atoms with Gasteiger partial charge in [-0.15, -0.1) is 0 Å². The second-order valence-corrected chi connectivity index (χ2v) is 6.47. The normalized spacial score (nSPS) is 10.1. The lowest BCUT2D eigenvalue weighted by atomic mass is 10.1. The van der Waals surface area contributed by atoms with Crippen LogP contribution in [-0.2, 0) is 4.79 Å². The van der Waals surface area contributed by atoms with E-state index in [4.69, 9.17) is 4.74 Å². The third kappa shape index (κ3) is 5.35. The molecule has 0 aliphatic carbocycles. The van der Waals surface area contributed by atoms with E-state index in [9.17, 15) is 9.59 Å². The fourth-order valence-electron chi connectivity index (χ4n) is 2.84. The lowest BCUT2D eigenvalue weighted by Crippen LogP contribution is -2.23. The molecule has 148 valence electrons. The Kier molecular flexibility index (Phi) is 6.47. The van der Waals surface area contributed by atoms with Crippen molar-refractivity contribution in [3.05, 3.63) is 83.9 Å². The number of hydrogen-bond acceptors (Lipinski definition) is 4. The molecule has 0 aliphatic rings. The molecule has 0 aliphatic heterocycles. The van der Waals surface area contributed by atoms with Crippen LogP contribution in [-0.4, -0.2) is 25.5 Å². The van der Waals surface area contributed by atoms with Crippen molar-refractivity contribution in [3.8, 4) is 5.75 Å². The largest absolute Gasteiger partial charge is 0.495 e. The van der Waals surface area contributed by atoms with Gasteiger partial charge in [0, 0.05) is 11.4 Å². The van der Waals surface area contributed by atoms with Gasteiger partial charge in [-0.25, -0.2) is 0 Å². The Labute approximate surface area is 169 Å². The van der Waals surface area contributed by atoms with Crippen LogP contribution in [0.4, 0.5) is 17.1 Å². The number of benzene rings is 3. The van der Waals surface area contributed by atoms with Crippen LogP contribution in [0.15, 0.2) is 72.8 Å². The molecule has 0 heterocycles. The van der Waals surface area contributed by atoms with Crippen LogP contribution in [0.3, 0.4) is 0 Å². The molecular weight excluding hydrogens is 366 g/mol. The minimum Gasteiger partial charge on any atom is -0.495 e. The lowest BCUT2D eigenvalue weighted by Gasteiger charge is -2.14. The predicted octanol–water partition coefficient (Wildman–Crippen LogP) is 4.31. The summed E-state index contributed by atoms with van der Waals surface area (Å²) in [5, 5.41) is 8.72. The Bertz CT molecular complexity index is 1000. The molecule has 6 heteroatoms. The highest BCUT2D eigenvalue weighted by molar-refractivity contribution is 6.08. The van der Waals surface area contributed by atoms with Crippen LogP contribution >= 0.6 is 0 Å². The van der Waals surface area contributed by atoms with Gasteiger partial charge >= 0.3 is 0 Å². The van der Waals surface area contributed by atoms with Gasteiger partial charge in [0.15, 0.2) is 0 Å². The number of para-hydroxylation sites is 2. The molecule has 0 aromatic heterocycles. The van der Waals surface area contributed by atoms with E-state index in [0.717, 1.165) is 5.56 Å². The van der Waals surface area contributed by atoms with Gasteiger partial charge in [0.05, 0.1) is 24.9 Å². The van der Waals surface area contributed by atoms with Gasteiger partial charge in [-0.05, 0) is 48.9 Å². The highest BCUT2D eigenvalue weighted by Gasteiger charge is 2.13. The van der Waals surface area contributed by atoms with E-state index in [1.54, 1.807) is 25.3 Å². The number of nitrogens with one attached hydrogen (secondary N) is 3. The van der Waals surface area contributed by atoms with Crippen molar-refractivity contribution in [1.82, 2.24) is 0 Å².